The lowest BCUT2D eigenvalue weighted by Crippen LogP contribution is -1.84. The minimum Gasteiger partial charge on any atom is -0.206 e. The molecule has 0 heterocycles. The van der Waals surface area contributed by atoms with Crippen LogP contribution in [-0.4, -0.2) is 0 Å². The van der Waals surface area contributed by atoms with E-state index in [-0.39, 0.29) is 5.82 Å². The van der Waals surface area contributed by atoms with Gasteiger partial charge in [-0.15, -0.1) is 0 Å². The molecule has 2 rings (SSSR count). The van der Waals surface area contributed by atoms with Crippen LogP contribution in [0.2, 0.25) is 0 Å². The molecule has 0 atom stereocenters. The molecule has 1 heteroatoms. The summed E-state index contributed by atoms with van der Waals surface area (Å²) in [6, 6.07) is 13.1. The van der Waals surface area contributed by atoms with Crippen molar-refractivity contribution in [1.82, 2.24) is 0 Å². The van der Waals surface area contributed by atoms with Crippen LogP contribution in [0, 0.1) is 24.6 Å². The molecule has 0 radical (unpaired) electrons. The Balaban J connectivity index is 2.12. The zero-order valence-electron chi connectivity index (χ0n) is 12.5. The second kappa shape index (κ2) is 7.45. The molecule has 0 saturated heterocycles. The third kappa shape index (κ3) is 4.61. The highest BCUT2D eigenvalue weighted by Crippen LogP contribution is 2.10. The monoisotopic (exact) mass is 278 g/mol. The molecule has 106 valence electrons. The molecule has 2 aromatic carbocycles. The molecule has 0 fully saturated rings. The van der Waals surface area contributed by atoms with Gasteiger partial charge in [0.25, 0.3) is 0 Å². The third-order valence-corrected chi connectivity index (χ3v) is 3.14. The highest BCUT2D eigenvalue weighted by atomic mass is 19.1. The fraction of sp³-hybridized carbons (Fsp3) is 0.200. The summed E-state index contributed by atoms with van der Waals surface area (Å²) in [6.07, 6.45) is 6.53. The first-order valence-corrected chi connectivity index (χ1v) is 7.24. The van der Waals surface area contributed by atoms with Gasteiger partial charge in [-0.3, -0.25) is 0 Å². The number of unbranched alkanes of at least 4 members (excludes halogenated alkanes) is 1. The zero-order valence-corrected chi connectivity index (χ0v) is 12.5. The summed E-state index contributed by atoms with van der Waals surface area (Å²) in [5, 5.41) is 0. The maximum Gasteiger partial charge on any atom is 0.139 e. The molecule has 0 aromatic heterocycles. The van der Waals surface area contributed by atoms with Crippen LogP contribution in [0.3, 0.4) is 0 Å². The van der Waals surface area contributed by atoms with Gasteiger partial charge in [0, 0.05) is 5.56 Å². The van der Waals surface area contributed by atoms with E-state index in [1.807, 2.05) is 37.3 Å². The summed E-state index contributed by atoms with van der Waals surface area (Å²) in [4.78, 5) is 0. The molecule has 2 aromatic rings. The quantitative estimate of drug-likeness (QED) is 0.664. The van der Waals surface area contributed by atoms with Gasteiger partial charge in [0.05, 0.1) is 5.56 Å². The number of hydrogen-bond donors (Lipinski definition) is 0. The van der Waals surface area contributed by atoms with Crippen molar-refractivity contribution in [1.29, 1.82) is 0 Å². The van der Waals surface area contributed by atoms with Gasteiger partial charge in [-0.1, -0.05) is 55.5 Å². The Labute approximate surface area is 126 Å². The van der Waals surface area contributed by atoms with Gasteiger partial charge in [0.15, 0.2) is 0 Å². The fourth-order valence-electron chi connectivity index (χ4n) is 1.92. The predicted octanol–water partition coefficient (Wildman–Crippen LogP) is 5.35. The third-order valence-electron chi connectivity index (χ3n) is 3.14. The SMILES string of the molecule is CCCC=Cc1ccc(C#Cc2ccc(C)cc2F)cc1. The van der Waals surface area contributed by atoms with Crippen molar-refractivity contribution in [3.63, 3.8) is 0 Å². The van der Waals surface area contributed by atoms with Crippen LogP contribution in [0.5, 0.6) is 0 Å². The summed E-state index contributed by atoms with van der Waals surface area (Å²) < 4.78 is 13.7. The van der Waals surface area contributed by atoms with E-state index < -0.39 is 0 Å². The Morgan fingerprint density at radius 1 is 1.05 bits per heavy atom. The summed E-state index contributed by atoms with van der Waals surface area (Å²) in [5.74, 6) is 5.62. The van der Waals surface area contributed by atoms with Crippen molar-refractivity contribution in [3.8, 4) is 11.8 Å². The topological polar surface area (TPSA) is 0 Å². The van der Waals surface area contributed by atoms with Crippen LogP contribution >= 0.6 is 0 Å². The van der Waals surface area contributed by atoms with Crippen molar-refractivity contribution in [2.75, 3.05) is 0 Å². The molecule has 0 aliphatic heterocycles. The van der Waals surface area contributed by atoms with Gasteiger partial charge in [0.2, 0.25) is 0 Å². The van der Waals surface area contributed by atoms with E-state index in [0.717, 1.165) is 29.5 Å². The van der Waals surface area contributed by atoms with Crippen LogP contribution in [0.4, 0.5) is 4.39 Å². The highest BCUT2D eigenvalue weighted by Gasteiger charge is 1.98. The summed E-state index contributed by atoms with van der Waals surface area (Å²) in [5.41, 5.74) is 3.40. The van der Waals surface area contributed by atoms with E-state index in [1.54, 1.807) is 6.07 Å². The van der Waals surface area contributed by atoms with Crippen LogP contribution < -0.4 is 0 Å². The molecular weight excluding hydrogens is 259 g/mol. The largest absolute Gasteiger partial charge is 0.206 e. The lowest BCUT2D eigenvalue weighted by molar-refractivity contribution is 0.623. The molecule has 0 unspecified atom stereocenters. The lowest BCUT2D eigenvalue weighted by atomic mass is 10.1. The van der Waals surface area contributed by atoms with Crippen LogP contribution in [0.1, 0.15) is 42.0 Å². The van der Waals surface area contributed by atoms with E-state index in [9.17, 15) is 4.39 Å². The number of allylic oxidation sites excluding steroid dienone is 1. The summed E-state index contributed by atoms with van der Waals surface area (Å²) in [6.45, 7) is 4.03. The number of aryl methyl sites for hydroxylation is 1. The Bertz CT molecular complexity index is 682. The molecule has 0 bridgehead atoms. The van der Waals surface area contributed by atoms with E-state index in [1.165, 1.54) is 6.07 Å². The second-order valence-corrected chi connectivity index (χ2v) is 5.05. The van der Waals surface area contributed by atoms with E-state index in [0.29, 0.717) is 5.56 Å². The van der Waals surface area contributed by atoms with Crippen molar-refractivity contribution in [3.05, 3.63) is 76.6 Å². The summed E-state index contributed by atoms with van der Waals surface area (Å²) >= 11 is 0. The Morgan fingerprint density at radius 3 is 2.48 bits per heavy atom. The normalized spacial score (nSPS) is 10.4. The van der Waals surface area contributed by atoms with Crippen molar-refractivity contribution >= 4 is 6.08 Å². The molecule has 0 aliphatic carbocycles. The highest BCUT2D eigenvalue weighted by molar-refractivity contribution is 5.52. The standard InChI is InChI=1S/C20H19F/c1-3-4-5-6-17-8-10-18(11-9-17)12-14-19-13-7-16(2)15-20(19)21/h5-11,13,15H,3-4H2,1-2H3. The molecule has 0 N–H and O–H groups in total. The smallest absolute Gasteiger partial charge is 0.139 e. The molecule has 0 amide bonds. The molecule has 0 nitrogen and oxygen atoms in total. The maximum absolute atomic E-state index is 13.7. The van der Waals surface area contributed by atoms with E-state index >= 15 is 0 Å². The van der Waals surface area contributed by atoms with Gasteiger partial charge >= 0.3 is 0 Å². The van der Waals surface area contributed by atoms with Gasteiger partial charge in [0.1, 0.15) is 5.82 Å². The second-order valence-electron chi connectivity index (χ2n) is 5.05. The molecule has 0 saturated carbocycles. The lowest BCUT2D eigenvalue weighted by Gasteiger charge is -1.96. The number of halogens is 1. The fourth-order valence-corrected chi connectivity index (χ4v) is 1.92. The van der Waals surface area contributed by atoms with Crippen molar-refractivity contribution < 1.29 is 4.39 Å². The molecule has 0 aliphatic rings. The maximum atomic E-state index is 13.7. The van der Waals surface area contributed by atoms with Crippen LogP contribution in [-0.2, 0) is 0 Å². The Kier molecular flexibility index (Phi) is 5.35. The average Bonchev–Trinajstić information content (AvgIpc) is 2.48. The zero-order chi connectivity index (χ0) is 15.1. The Morgan fingerprint density at radius 2 is 1.81 bits per heavy atom. The average molecular weight is 278 g/mol. The van der Waals surface area contributed by atoms with Gasteiger partial charge in [-0.25, -0.2) is 4.39 Å². The van der Waals surface area contributed by atoms with Crippen LogP contribution in [0.25, 0.3) is 6.08 Å². The van der Waals surface area contributed by atoms with Crippen LogP contribution in [0.15, 0.2) is 48.5 Å². The van der Waals surface area contributed by atoms with Gasteiger partial charge in [-0.2, -0.15) is 0 Å². The minimum atomic E-state index is -0.262. The molecular formula is C20H19F. The number of benzene rings is 2. The number of rotatable bonds is 3. The number of hydrogen-bond acceptors (Lipinski definition) is 0. The van der Waals surface area contributed by atoms with Gasteiger partial charge < -0.3 is 0 Å². The van der Waals surface area contributed by atoms with Gasteiger partial charge in [-0.05, 0) is 48.7 Å². The van der Waals surface area contributed by atoms with Crippen molar-refractivity contribution in [2.45, 2.75) is 26.7 Å². The predicted molar refractivity (Wildman–Crippen MR) is 87.5 cm³/mol. The van der Waals surface area contributed by atoms with Crippen molar-refractivity contribution in [2.24, 2.45) is 0 Å². The first-order valence-electron chi connectivity index (χ1n) is 7.24. The first-order chi connectivity index (χ1) is 10.2. The minimum absolute atomic E-state index is 0.262. The van der Waals surface area contributed by atoms with E-state index in [4.69, 9.17) is 0 Å². The first kappa shape index (κ1) is 15.1. The summed E-state index contributed by atoms with van der Waals surface area (Å²) in [7, 11) is 0. The molecule has 0 spiro atoms. The molecule has 21 heavy (non-hydrogen) atoms. The van der Waals surface area contributed by atoms with E-state index in [2.05, 4.69) is 30.9 Å². The Hall–Kier alpha value is -2.33.